The van der Waals surface area contributed by atoms with Crippen LogP contribution in [0.3, 0.4) is 0 Å². The molecule has 2 amide bonds. The molecule has 0 bridgehead atoms. The average molecular weight is 558 g/mol. The molecular weight excluding hydrogens is 529 g/mol. The molecule has 0 unspecified atom stereocenters. The Kier molecular flexibility index (Phi) is 6.66. The molecule has 0 atom stereocenters. The van der Waals surface area contributed by atoms with Crippen molar-refractivity contribution in [1.82, 2.24) is 9.97 Å². The lowest BCUT2D eigenvalue weighted by molar-refractivity contribution is -0.131. The smallest absolute Gasteiger partial charge is 0.240 e. The topological polar surface area (TPSA) is 138 Å². The SMILES string of the molecule is COc1cc2c(Oc3ccc(NC(=O)C4(C(=O)Nc5ccncc5)CC4)cc3F)ccnc2cc1OCC1(N)CC1. The van der Waals surface area contributed by atoms with Crippen LogP contribution < -0.4 is 30.6 Å². The maximum atomic E-state index is 15.1. The molecule has 2 aliphatic rings. The number of hydrogen-bond acceptors (Lipinski definition) is 8. The fraction of sp³-hybridized carbons (Fsp3) is 0.267. The van der Waals surface area contributed by atoms with E-state index in [1.54, 1.807) is 48.9 Å². The largest absolute Gasteiger partial charge is 0.493 e. The van der Waals surface area contributed by atoms with Gasteiger partial charge in [0.1, 0.15) is 17.8 Å². The van der Waals surface area contributed by atoms with E-state index in [9.17, 15) is 9.59 Å². The number of rotatable bonds is 10. The van der Waals surface area contributed by atoms with Gasteiger partial charge in [-0.15, -0.1) is 0 Å². The van der Waals surface area contributed by atoms with Gasteiger partial charge >= 0.3 is 0 Å². The fourth-order valence-corrected chi connectivity index (χ4v) is 4.41. The summed E-state index contributed by atoms with van der Waals surface area (Å²) in [7, 11) is 1.53. The first kappa shape index (κ1) is 26.5. The number of amides is 2. The van der Waals surface area contributed by atoms with Gasteiger partial charge in [-0.25, -0.2) is 4.39 Å². The van der Waals surface area contributed by atoms with E-state index >= 15 is 4.39 Å². The molecule has 11 heteroatoms. The number of nitrogens with zero attached hydrogens (tertiary/aromatic N) is 2. The molecule has 0 aliphatic heterocycles. The van der Waals surface area contributed by atoms with Gasteiger partial charge in [0, 0.05) is 47.5 Å². The van der Waals surface area contributed by atoms with Crippen molar-refractivity contribution in [3.05, 3.63) is 72.9 Å². The summed E-state index contributed by atoms with van der Waals surface area (Å²) in [6.07, 6.45) is 7.27. The number of halogens is 1. The number of nitrogens with one attached hydrogen (secondary N) is 2. The molecule has 10 nitrogen and oxygen atoms in total. The van der Waals surface area contributed by atoms with Crippen molar-refractivity contribution in [3.63, 3.8) is 0 Å². The lowest BCUT2D eigenvalue weighted by Crippen LogP contribution is -2.35. The van der Waals surface area contributed by atoms with Gasteiger partial charge in [0.25, 0.3) is 0 Å². The number of aromatic nitrogens is 2. The van der Waals surface area contributed by atoms with Crippen LogP contribution in [0.2, 0.25) is 0 Å². The third kappa shape index (κ3) is 5.48. The molecule has 4 aromatic rings. The number of ether oxygens (including phenoxy) is 3. The molecular formula is C30H28FN5O5. The highest BCUT2D eigenvalue weighted by atomic mass is 19.1. The Hall–Kier alpha value is -4.77. The van der Waals surface area contributed by atoms with E-state index < -0.39 is 23.0 Å². The number of methoxy groups -OCH3 is 1. The van der Waals surface area contributed by atoms with Crippen LogP contribution in [0, 0.1) is 11.2 Å². The van der Waals surface area contributed by atoms with Gasteiger partial charge in [-0.1, -0.05) is 0 Å². The van der Waals surface area contributed by atoms with Gasteiger partial charge in [-0.05, 0) is 62.1 Å². The Morgan fingerprint density at radius 3 is 2.27 bits per heavy atom. The summed E-state index contributed by atoms with van der Waals surface area (Å²) < 4.78 is 32.5. The zero-order chi connectivity index (χ0) is 28.6. The summed E-state index contributed by atoms with van der Waals surface area (Å²) in [5.41, 5.74) is 5.98. The number of benzene rings is 2. The second-order valence-electron chi connectivity index (χ2n) is 10.5. The third-order valence-electron chi connectivity index (χ3n) is 7.36. The summed E-state index contributed by atoms with van der Waals surface area (Å²) in [4.78, 5) is 34.1. The molecule has 6 rings (SSSR count). The van der Waals surface area contributed by atoms with Crippen molar-refractivity contribution in [2.24, 2.45) is 11.1 Å². The lowest BCUT2D eigenvalue weighted by Gasteiger charge is -2.17. The first-order valence-electron chi connectivity index (χ1n) is 13.2. The van der Waals surface area contributed by atoms with E-state index in [0.717, 1.165) is 18.9 Å². The van der Waals surface area contributed by atoms with Crippen molar-refractivity contribution >= 4 is 34.1 Å². The standard InChI is InChI=1S/C30H28FN5O5/c1-39-25-15-20-22(16-26(25)40-17-29(32)7-8-29)34-13-6-23(20)41-24-3-2-19(14-21(24)31)36-28(38)30(9-10-30)27(37)35-18-4-11-33-12-5-18/h2-6,11-16H,7-10,17,32H2,1H3,(H,36,38)(H,33,35,37). The molecule has 2 aromatic heterocycles. The van der Waals surface area contributed by atoms with Crippen LogP contribution in [0.15, 0.2) is 67.1 Å². The second-order valence-corrected chi connectivity index (χ2v) is 10.5. The molecule has 0 spiro atoms. The van der Waals surface area contributed by atoms with Gasteiger partial charge in [0.15, 0.2) is 23.1 Å². The maximum Gasteiger partial charge on any atom is 0.240 e. The first-order valence-corrected chi connectivity index (χ1v) is 13.2. The van der Waals surface area contributed by atoms with E-state index in [0.29, 0.717) is 53.3 Å². The zero-order valence-electron chi connectivity index (χ0n) is 22.3. The van der Waals surface area contributed by atoms with E-state index in [1.165, 1.54) is 19.2 Å². The highest BCUT2D eigenvalue weighted by molar-refractivity contribution is 6.16. The van der Waals surface area contributed by atoms with Crippen LogP contribution in [0.4, 0.5) is 15.8 Å². The number of anilines is 2. The van der Waals surface area contributed by atoms with Crippen LogP contribution in [0.5, 0.6) is 23.0 Å². The van der Waals surface area contributed by atoms with Crippen molar-refractivity contribution in [2.45, 2.75) is 31.2 Å². The van der Waals surface area contributed by atoms with Crippen LogP contribution in [0.25, 0.3) is 10.9 Å². The Balaban J connectivity index is 1.16. The molecule has 2 saturated carbocycles. The maximum absolute atomic E-state index is 15.1. The molecule has 2 aliphatic carbocycles. The van der Waals surface area contributed by atoms with Gasteiger partial charge in [0.05, 0.1) is 18.2 Å². The number of hydrogen-bond donors (Lipinski definition) is 3. The summed E-state index contributed by atoms with van der Waals surface area (Å²) in [5.74, 6) is -0.308. The average Bonchev–Trinajstić information content (AvgIpc) is 3.91. The number of pyridine rings is 2. The third-order valence-corrected chi connectivity index (χ3v) is 7.36. The van der Waals surface area contributed by atoms with Crippen molar-refractivity contribution in [3.8, 4) is 23.0 Å². The summed E-state index contributed by atoms with van der Waals surface area (Å²) in [5, 5.41) is 6.00. The lowest BCUT2D eigenvalue weighted by atomic mass is 10.0. The molecule has 2 aromatic carbocycles. The zero-order valence-corrected chi connectivity index (χ0v) is 22.3. The molecule has 0 saturated heterocycles. The first-order chi connectivity index (χ1) is 19.8. The van der Waals surface area contributed by atoms with Crippen LogP contribution >= 0.6 is 0 Å². The van der Waals surface area contributed by atoms with Crippen LogP contribution in [-0.2, 0) is 9.59 Å². The quantitative estimate of drug-likeness (QED) is 0.237. The minimum Gasteiger partial charge on any atom is -0.493 e. The van der Waals surface area contributed by atoms with Crippen LogP contribution in [0.1, 0.15) is 25.7 Å². The van der Waals surface area contributed by atoms with Crippen molar-refractivity contribution in [1.29, 1.82) is 0 Å². The molecule has 4 N–H and O–H groups in total. The molecule has 41 heavy (non-hydrogen) atoms. The van der Waals surface area contributed by atoms with Gasteiger partial charge in [-0.3, -0.25) is 19.6 Å². The van der Waals surface area contributed by atoms with Crippen LogP contribution in [-0.4, -0.2) is 41.0 Å². The Labute approximate surface area is 235 Å². The molecule has 0 radical (unpaired) electrons. The highest BCUT2D eigenvalue weighted by Crippen LogP contribution is 2.47. The summed E-state index contributed by atoms with van der Waals surface area (Å²) in [6.45, 7) is 0.371. The van der Waals surface area contributed by atoms with Gasteiger partial charge in [-0.2, -0.15) is 0 Å². The Morgan fingerprint density at radius 2 is 1.61 bits per heavy atom. The number of fused-ring (bicyclic) bond motifs is 1. The highest BCUT2D eigenvalue weighted by Gasteiger charge is 2.56. The number of carbonyl (C=O) groups excluding carboxylic acids is 2. The van der Waals surface area contributed by atoms with Crippen molar-refractivity contribution < 1.29 is 28.2 Å². The van der Waals surface area contributed by atoms with Gasteiger partial charge in [0.2, 0.25) is 11.8 Å². The predicted molar refractivity (Wildman–Crippen MR) is 150 cm³/mol. The minimum atomic E-state index is -1.20. The Morgan fingerprint density at radius 1 is 0.878 bits per heavy atom. The summed E-state index contributed by atoms with van der Waals surface area (Å²) in [6, 6.07) is 12.4. The van der Waals surface area contributed by atoms with Crippen molar-refractivity contribution in [2.75, 3.05) is 24.4 Å². The van der Waals surface area contributed by atoms with E-state index in [4.69, 9.17) is 19.9 Å². The minimum absolute atomic E-state index is 0.0508. The normalized spacial score (nSPS) is 16.0. The number of carbonyl (C=O) groups is 2. The Bertz CT molecular complexity index is 1640. The van der Waals surface area contributed by atoms with E-state index in [-0.39, 0.29) is 17.0 Å². The van der Waals surface area contributed by atoms with Gasteiger partial charge < -0.3 is 30.6 Å². The summed E-state index contributed by atoms with van der Waals surface area (Å²) >= 11 is 0. The monoisotopic (exact) mass is 557 g/mol. The fourth-order valence-electron chi connectivity index (χ4n) is 4.41. The predicted octanol–water partition coefficient (Wildman–Crippen LogP) is 4.80. The van der Waals surface area contributed by atoms with E-state index in [2.05, 4.69) is 20.6 Å². The molecule has 2 heterocycles. The van der Waals surface area contributed by atoms with E-state index in [1.807, 2.05) is 0 Å². The second kappa shape index (κ2) is 10.3. The molecule has 210 valence electrons. The number of nitrogens with two attached hydrogens (primary N) is 1. The molecule has 2 fully saturated rings.